The van der Waals surface area contributed by atoms with E-state index in [9.17, 15) is 13.2 Å². The van der Waals surface area contributed by atoms with Crippen LogP contribution < -0.4 is 5.73 Å². The molecule has 0 aliphatic heterocycles. The number of nitrogens with one attached hydrogen (secondary N) is 1. The van der Waals surface area contributed by atoms with Gasteiger partial charge >= 0.3 is 0 Å². The van der Waals surface area contributed by atoms with Gasteiger partial charge in [0.25, 0.3) is 0 Å². The summed E-state index contributed by atoms with van der Waals surface area (Å²) in [7, 11) is -3.71. The van der Waals surface area contributed by atoms with Crippen molar-refractivity contribution in [2.45, 2.75) is 24.8 Å². The molecule has 7 nitrogen and oxygen atoms in total. The third-order valence-corrected chi connectivity index (χ3v) is 3.95. The van der Waals surface area contributed by atoms with Crippen LogP contribution in [0.3, 0.4) is 0 Å². The van der Waals surface area contributed by atoms with Crippen molar-refractivity contribution < 1.29 is 13.2 Å². The Labute approximate surface area is 93.7 Å². The highest BCUT2D eigenvalue weighted by Gasteiger charge is 2.28. The predicted molar refractivity (Wildman–Crippen MR) is 56.8 cm³/mol. The van der Waals surface area contributed by atoms with Crippen LogP contribution >= 0.6 is 0 Å². The van der Waals surface area contributed by atoms with Gasteiger partial charge in [-0.05, 0) is 13.8 Å². The van der Waals surface area contributed by atoms with Crippen LogP contribution in [-0.2, 0) is 14.8 Å². The van der Waals surface area contributed by atoms with Crippen molar-refractivity contribution in [3.8, 4) is 0 Å². The Bertz CT molecular complexity index is 452. The molecule has 1 heterocycles. The van der Waals surface area contributed by atoms with E-state index in [-0.39, 0.29) is 17.5 Å². The maximum absolute atomic E-state index is 12.0. The molecule has 1 aromatic rings. The first-order valence-corrected chi connectivity index (χ1v) is 6.08. The normalized spacial score (nSPS) is 12.2. The van der Waals surface area contributed by atoms with E-state index in [2.05, 4.69) is 10.2 Å². The molecule has 90 valence electrons. The summed E-state index contributed by atoms with van der Waals surface area (Å²) < 4.78 is 25.1. The van der Waals surface area contributed by atoms with Gasteiger partial charge in [-0.3, -0.25) is 9.89 Å². The number of nitrogens with two attached hydrogens (primary N) is 1. The van der Waals surface area contributed by atoms with Gasteiger partial charge in [-0.1, -0.05) is 0 Å². The number of aromatic amines is 1. The minimum Gasteiger partial charge on any atom is -0.369 e. The molecule has 3 N–H and O–H groups in total. The molecular weight excluding hydrogens is 232 g/mol. The Morgan fingerprint density at radius 3 is 2.62 bits per heavy atom. The third kappa shape index (κ3) is 2.58. The van der Waals surface area contributed by atoms with Gasteiger partial charge in [0.2, 0.25) is 15.9 Å². The summed E-state index contributed by atoms with van der Waals surface area (Å²) in [6.07, 6.45) is 2.44. The van der Waals surface area contributed by atoms with Crippen molar-refractivity contribution in [2.24, 2.45) is 5.73 Å². The summed E-state index contributed by atoms with van der Waals surface area (Å²) in [5.74, 6) is -0.694. The lowest BCUT2D eigenvalue weighted by atomic mass is 10.4. The van der Waals surface area contributed by atoms with Crippen LogP contribution in [0.25, 0.3) is 0 Å². The fourth-order valence-corrected chi connectivity index (χ4v) is 2.72. The van der Waals surface area contributed by atoms with Gasteiger partial charge in [-0.2, -0.15) is 9.40 Å². The van der Waals surface area contributed by atoms with Crippen LogP contribution in [0.5, 0.6) is 0 Å². The molecule has 1 aromatic heterocycles. The maximum Gasteiger partial charge on any atom is 0.246 e. The Morgan fingerprint density at radius 1 is 1.62 bits per heavy atom. The number of carbonyl (C=O) groups excluding carboxylic acids is 1. The second-order valence-electron chi connectivity index (χ2n) is 3.54. The fourth-order valence-electron chi connectivity index (χ4n) is 1.21. The van der Waals surface area contributed by atoms with E-state index in [1.165, 1.54) is 12.4 Å². The molecule has 0 atom stereocenters. The molecule has 0 aliphatic rings. The van der Waals surface area contributed by atoms with Crippen LogP contribution in [0.15, 0.2) is 17.3 Å². The van der Waals surface area contributed by atoms with Gasteiger partial charge in [0.05, 0.1) is 12.7 Å². The molecule has 16 heavy (non-hydrogen) atoms. The van der Waals surface area contributed by atoms with Crippen molar-refractivity contribution in [3.05, 3.63) is 12.4 Å². The summed E-state index contributed by atoms with van der Waals surface area (Å²) in [4.78, 5) is 10.8. The van der Waals surface area contributed by atoms with Gasteiger partial charge in [0.15, 0.2) is 0 Å². The number of rotatable bonds is 5. The number of aromatic nitrogens is 2. The van der Waals surface area contributed by atoms with Crippen LogP contribution in [0.1, 0.15) is 13.8 Å². The molecular formula is C8H14N4O3S. The van der Waals surface area contributed by atoms with Crippen LogP contribution in [0.2, 0.25) is 0 Å². The summed E-state index contributed by atoms with van der Waals surface area (Å²) in [6.45, 7) is 2.99. The van der Waals surface area contributed by atoms with Crippen molar-refractivity contribution in [3.63, 3.8) is 0 Å². The highest BCUT2D eigenvalue weighted by atomic mass is 32.2. The monoisotopic (exact) mass is 246 g/mol. The third-order valence-electron chi connectivity index (χ3n) is 1.97. The van der Waals surface area contributed by atoms with Gasteiger partial charge in [0.1, 0.15) is 4.90 Å². The minimum absolute atomic E-state index is 0.0162. The van der Waals surface area contributed by atoms with E-state index in [4.69, 9.17) is 5.73 Å². The van der Waals surface area contributed by atoms with Crippen LogP contribution in [-0.4, -0.2) is 41.4 Å². The lowest BCUT2D eigenvalue weighted by molar-refractivity contribution is -0.118. The molecule has 0 fully saturated rings. The molecule has 0 aliphatic carbocycles. The van der Waals surface area contributed by atoms with Crippen molar-refractivity contribution in [1.82, 2.24) is 14.5 Å². The summed E-state index contributed by atoms with van der Waals surface area (Å²) in [5.41, 5.74) is 5.01. The number of primary amides is 1. The van der Waals surface area contributed by atoms with Crippen molar-refractivity contribution >= 4 is 15.9 Å². The standard InChI is InChI=1S/C8H14N4O3S/c1-6(2)12(5-8(9)13)16(14,15)7-3-10-11-4-7/h3-4,6H,5H2,1-2H3,(H2,9,13)(H,10,11). The number of sulfonamides is 1. The molecule has 0 aromatic carbocycles. The SMILES string of the molecule is CC(C)N(CC(N)=O)S(=O)(=O)c1cn[nH]c1. The zero-order chi connectivity index (χ0) is 12.3. The summed E-state index contributed by atoms with van der Waals surface area (Å²) in [6, 6.07) is -0.354. The number of hydrogen-bond donors (Lipinski definition) is 2. The average molecular weight is 246 g/mol. The zero-order valence-corrected chi connectivity index (χ0v) is 9.86. The summed E-state index contributed by atoms with van der Waals surface area (Å²) >= 11 is 0. The quantitative estimate of drug-likeness (QED) is 0.715. The lowest BCUT2D eigenvalue weighted by Gasteiger charge is -2.23. The smallest absolute Gasteiger partial charge is 0.246 e. The Morgan fingerprint density at radius 2 is 2.25 bits per heavy atom. The lowest BCUT2D eigenvalue weighted by Crippen LogP contribution is -2.42. The van der Waals surface area contributed by atoms with Crippen LogP contribution in [0, 0.1) is 0 Å². The highest BCUT2D eigenvalue weighted by Crippen LogP contribution is 2.15. The molecule has 8 heteroatoms. The van der Waals surface area contributed by atoms with Gasteiger partial charge in [-0.25, -0.2) is 8.42 Å². The molecule has 0 radical (unpaired) electrons. The maximum atomic E-state index is 12.0. The van der Waals surface area contributed by atoms with E-state index >= 15 is 0 Å². The number of amides is 1. The fraction of sp³-hybridized carbons (Fsp3) is 0.500. The number of nitrogens with zero attached hydrogens (tertiary/aromatic N) is 2. The molecule has 1 rings (SSSR count). The summed E-state index contributed by atoms with van der Waals surface area (Å²) in [5, 5.41) is 5.97. The first-order valence-electron chi connectivity index (χ1n) is 4.64. The second kappa shape index (κ2) is 4.62. The first-order chi connectivity index (χ1) is 7.35. The van der Waals surface area contributed by atoms with Crippen LogP contribution in [0.4, 0.5) is 0 Å². The molecule has 1 amide bonds. The minimum atomic E-state index is -3.71. The predicted octanol–water partition coefficient (Wildman–Crippen LogP) is -0.706. The van der Waals surface area contributed by atoms with E-state index < -0.39 is 15.9 Å². The highest BCUT2D eigenvalue weighted by molar-refractivity contribution is 7.89. The molecule has 0 unspecified atom stereocenters. The van der Waals surface area contributed by atoms with Gasteiger partial charge in [0, 0.05) is 12.2 Å². The Hall–Kier alpha value is -1.41. The average Bonchev–Trinajstić information content (AvgIpc) is 2.66. The molecule has 0 saturated carbocycles. The van der Waals surface area contributed by atoms with Crippen molar-refractivity contribution in [2.75, 3.05) is 6.54 Å². The first kappa shape index (κ1) is 12.7. The topological polar surface area (TPSA) is 109 Å². The number of hydrogen-bond acceptors (Lipinski definition) is 4. The zero-order valence-electron chi connectivity index (χ0n) is 9.04. The van der Waals surface area contributed by atoms with Gasteiger partial charge in [-0.15, -0.1) is 0 Å². The number of carbonyl (C=O) groups is 1. The molecule has 0 saturated heterocycles. The molecule has 0 bridgehead atoms. The Balaban J connectivity index is 3.08. The van der Waals surface area contributed by atoms with Gasteiger partial charge < -0.3 is 5.73 Å². The van der Waals surface area contributed by atoms with E-state index in [1.54, 1.807) is 13.8 Å². The molecule has 0 spiro atoms. The number of H-pyrrole nitrogens is 1. The van der Waals surface area contributed by atoms with E-state index in [0.29, 0.717) is 0 Å². The van der Waals surface area contributed by atoms with E-state index in [1.807, 2.05) is 0 Å². The Kier molecular flexibility index (Phi) is 3.66. The van der Waals surface area contributed by atoms with Crippen molar-refractivity contribution in [1.29, 1.82) is 0 Å². The second-order valence-corrected chi connectivity index (χ2v) is 5.43. The van der Waals surface area contributed by atoms with E-state index in [0.717, 1.165) is 4.31 Å². The largest absolute Gasteiger partial charge is 0.369 e.